The second kappa shape index (κ2) is 5.37. The number of carbonyl (C=O) groups is 1. The van der Waals surface area contributed by atoms with Crippen LogP contribution in [-0.2, 0) is 0 Å². The quantitative estimate of drug-likeness (QED) is 0.662. The van der Waals surface area contributed by atoms with Crippen molar-refractivity contribution in [3.8, 4) is 16.9 Å². The lowest BCUT2D eigenvalue weighted by Gasteiger charge is -2.07. The minimum absolute atomic E-state index is 0.0734. The lowest BCUT2D eigenvalue weighted by atomic mass is 10.00. The van der Waals surface area contributed by atoms with Crippen LogP contribution in [0.5, 0.6) is 5.75 Å². The summed E-state index contributed by atoms with van der Waals surface area (Å²) in [4.78, 5) is 10.7. The van der Waals surface area contributed by atoms with Gasteiger partial charge in [-0.05, 0) is 52.2 Å². The number of fused-ring (bicyclic) bond motifs is 1. The Hall–Kier alpha value is -2.68. The highest BCUT2D eigenvalue weighted by atomic mass is 19.1. The van der Waals surface area contributed by atoms with Crippen LogP contribution in [0.1, 0.15) is 10.4 Å². The highest BCUT2D eigenvalue weighted by Gasteiger charge is 2.05. The van der Waals surface area contributed by atoms with Crippen LogP contribution in [0.4, 0.5) is 4.39 Å². The van der Waals surface area contributed by atoms with Crippen molar-refractivity contribution in [2.24, 2.45) is 0 Å². The zero-order chi connectivity index (χ0) is 14.8. The maximum Gasteiger partial charge on any atom is 0.152 e. The summed E-state index contributed by atoms with van der Waals surface area (Å²) in [7, 11) is 1.63. The van der Waals surface area contributed by atoms with E-state index < -0.39 is 5.82 Å². The molecule has 0 N–H and O–H groups in total. The van der Waals surface area contributed by atoms with E-state index in [0.29, 0.717) is 6.29 Å². The summed E-state index contributed by atoms with van der Waals surface area (Å²) in [6, 6.07) is 16.3. The van der Waals surface area contributed by atoms with Crippen molar-refractivity contribution in [1.82, 2.24) is 0 Å². The molecular formula is C18H13FO2. The first-order chi connectivity index (χ1) is 10.2. The van der Waals surface area contributed by atoms with Gasteiger partial charge in [0.05, 0.1) is 12.7 Å². The van der Waals surface area contributed by atoms with Crippen molar-refractivity contribution in [3.05, 3.63) is 66.0 Å². The molecule has 0 spiro atoms. The minimum Gasteiger partial charge on any atom is -0.497 e. The number of ether oxygens (including phenoxy) is 1. The van der Waals surface area contributed by atoms with Crippen molar-refractivity contribution in [3.63, 3.8) is 0 Å². The van der Waals surface area contributed by atoms with Crippen LogP contribution >= 0.6 is 0 Å². The van der Waals surface area contributed by atoms with Gasteiger partial charge in [0, 0.05) is 0 Å². The first-order valence-electron chi connectivity index (χ1n) is 6.54. The molecule has 0 aliphatic carbocycles. The molecule has 0 fully saturated rings. The van der Waals surface area contributed by atoms with Gasteiger partial charge in [-0.1, -0.05) is 24.3 Å². The average molecular weight is 280 g/mol. The molecule has 3 aromatic rings. The van der Waals surface area contributed by atoms with Crippen LogP contribution in [0.15, 0.2) is 54.6 Å². The summed E-state index contributed by atoms with van der Waals surface area (Å²) in [5.41, 5.74) is 1.73. The monoisotopic (exact) mass is 280 g/mol. The average Bonchev–Trinajstić information content (AvgIpc) is 2.53. The summed E-state index contributed by atoms with van der Waals surface area (Å²) < 4.78 is 18.9. The third-order valence-electron chi connectivity index (χ3n) is 3.51. The number of aldehydes is 1. The van der Waals surface area contributed by atoms with Crippen molar-refractivity contribution in [2.45, 2.75) is 0 Å². The molecule has 0 saturated heterocycles. The summed E-state index contributed by atoms with van der Waals surface area (Å²) >= 11 is 0. The van der Waals surface area contributed by atoms with Gasteiger partial charge in [0.15, 0.2) is 6.29 Å². The van der Waals surface area contributed by atoms with E-state index in [1.807, 2.05) is 36.4 Å². The third kappa shape index (κ3) is 2.50. The van der Waals surface area contributed by atoms with Crippen molar-refractivity contribution < 1.29 is 13.9 Å². The lowest BCUT2D eigenvalue weighted by Crippen LogP contribution is -1.88. The van der Waals surface area contributed by atoms with Gasteiger partial charge in [0.2, 0.25) is 0 Å². The van der Waals surface area contributed by atoms with E-state index in [-0.39, 0.29) is 5.56 Å². The van der Waals surface area contributed by atoms with E-state index in [9.17, 15) is 9.18 Å². The Bertz CT molecular complexity index is 825. The Labute approximate surface area is 121 Å². The first-order valence-corrected chi connectivity index (χ1v) is 6.54. The topological polar surface area (TPSA) is 26.3 Å². The van der Waals surface area contributed by atoms with E-state index in [4.69, 9.17) is 4.74 Å². The standard InChI is InChI=1S/C18H13FO2/c1-21-17-7-6-13-8-12(2-3-14(13)9-17)15-4-5-16(11-20)18(19)10-15/h2-11H,1H3. The predicted molar refractivity (Wildman–Crippen MR) is 81.3 cm³/mol. The second-order valence-corrected chi connectivity index (χ2v) is 4.78. The van der Waals surface area contributed by atoms with Crippen molar-refractivity contribution in [1.29, 1.82) is 0 Å². The fraction of sp³-hybridized carbons (Fsp3) is 0.0556. The zero-order valence-electron chi connectivity index (χ0n) is 11.5. The minimum atomic E-state index is -0.502. The number of benzene rings is 3. The van der Waals surface area contributed by atoms with E-state index in [2.05, 4.69) is 0 Å². The molecule has 3 aromatic carbocycles. The lowest BCUT2D eigenvalue weighted by molar-refractivity contribution is 0.112. The Kier molecular flexibility index (Phi) is 3.40. The molecule has 21 heavy (non-hydrogen) atoms. The van der Waals surface area contributed by atoms with Gasteiger partial charge in [-0.2, -0.15) is 0 Å². The van der Waals surface area contributed by atoms with Crippen LogP contribution < -0.4 is 4.74 Å². The third-order valence-corrected chi connectivity index (χ3v) is 3.51. The first kappa shape index (κ1) is 13.3. The summed E-state index contributed by atoms with van der Waals surface area (Å²) in [5, 5.41) is 2.11. The van der Waals surface area contributed by atoms with Gasteiger partial charge in [-0.15, -0.1) is 0 Å². The van der Waals surface area contributed by atoms with Gasteiger partial charge in [-0.3, -0.25) is 4.79 Å². The van der Waals surface area contributed by atoms with Gasteiger partial charge in [-0.25, -0.2) is 4.39 Å². The molecule has 104 valence electrons. The number of halogens is 1. The molecule has 0 saturated carbocycles. The summed E-state index contributed by atoms with van der Waals surface area (Å²) in [6.45, 7) is 0. The maximum absolute atomic E-state index is 13.7. The molecule has 0 aliphatic heterocycles. The molecule has 3 rings (SSSR count). The van der Waals surface area contributed by atoms with Crippen molar-refractivity contribution in [2.75, 3.05) is 7.11 Å². The van der Waals surface area contributed by atoms with Gasteiger partial charge in [0.25, 0.3) is 0 Å². The SMILES string of the molecule is COc1ccc2cc(-c3ccc(C=O)c(F)c3)ccc2c1. The number of rotatable bonds is 3. The molecule has 0 heterocycles. The van der Waals surface area contributed by atoms with E-state index in [1.54, 1.807) is 13.2 Å². The highest BCUT2D eigenvalue weighted by molar-refractivity contribution is 5.88. The van der Waals surface area contributed by atoms with E-state index in [0.717, 1.165) is 27.6 Å². The number of carbonyl (C=O) groups excluding carboxylic acids is 1. The zero-order valence-corrected chi connectivity index (χ0v) is 11.5. The smallest absolute Gasteiger partial charge is 0.152 e. The molecule has 0 bridgehead atoms. The molecule has 0 unspecified atom stereocenters. The molecule has 0 aromatic heterocycles. The molecule has 0 aliphatic rings. The maximum atomic E-state index is 13.7. The fourth-order valence-electron chi connectivity index (χ4n) is 2.33. The molecule has 3 heteroatoms. The van der Waals surface area contributed by atoms with E-state index >= 15 is 0 Å². The Balaban J connectivity index is 2.08. The van der Waals surface area contributed by atoms with Crippen LogP contribution in [0.3, 0.4) is 0 Å². The van der Waals surface area contributed by atoms with Crippen LogP contribution in [0, 0.1) is 5.82 Å². The number of methoxy groups -OCH3 is 1. The van der Waals surface area contributed by atoms with E-state index in [1.165, 1.54) is 12.1 Å². The molecule has 0 atom stereocenters. The molecule has 2 nitrogen and oxygen atoms in total. The van der Waals surface area contributed by atoms with Crippen molar-refractivity contribution >= 4 is 17.1 Å². The molecule has 0 radical (unpaired) electrons. The van der Waals surface area contributed by atoms with Gasteiger partial charge < -0.3 is 4.74 Å². The summed E-state index contributed by atoms with van der Waals surface area (Å²) in [6.07, 6.45) is 0.520. The highest BCUT2D eigenvalue weighted by Crippen LogP contribution is 2.27. The Morgan fingerprint density at radius 1 is 0.905 bits per heavy atom. The van der Waals surface area contributed by atoms with Crippen LogP contribution in [0.2, 0.25) is 0 Å². The molecule has 0 amide bonds. The number of hydrogen-bond acceptors (Lipinski definition) is 2. The largest absolute Gasteiger partial charge is 0.497 e. The van der Waals surface area contributed by atoms with Gasteiger partial charge in [0.1, 0.15) is 11.6 Å². The Morgan fingerprint density at radius 3 is 2.29 bits per heavy atom. The summed E-state index contributed by atoms with van der Waals surface area (Å²) in [5.74, 6) is 0.300. The predicted octanol–water partition coefficient (Wildman–Crippen LogP) is 4.47. The number of hydrogen-bond donors (Lipinski definition) is 0. The van der Waals surface area contributed by atoms with Crippen LogP contribution in [0.25, 0.3) is 21.9 Å². The van der Waals surface area contributed by atoms with Gasteiger partial charge >= 0.3 is 0 Å². The normalized spacial score (nSPS) is 10.6. The molecular weight excluding hydrogens is 267 g/mol. The second-order valence-electron chi connectivity index (χ2n) is 4.78. The Morgan fingerprint density at radius 2 is 1.57 bits per heavy atom. The van der Waals surface area contributed by atoms with Crippen LogP contribution in [-0.4, -0.2) is 13.4 Å². The fourth-order valence-corrected chi connectivity index (χ4v) is 2.33.